The monoisotopic (exact) mass is 374 g/mol. The number of carbonyl (C=O) groups is 1. The molecule has 0 heterocycles. The van der Waals surface area contributed by atoms with Crippen LogP contribution in [-0.4, -0.2) is 18.8 Å². The van der Waals surface area contributed by atoms with Gasteiger partial charge >= 0.3 is 12.1 Å². The van der Waals surface area contributed by atoms with Crippen molar-refractivity contribution in [1.29, 1.82) is 0 Å². The van der Waals surface area contributed by atoms with Gasteiger partial charge in [-0.05, 0) is 67.7 Å². The predicted octanol–water partition coefficient (Wildman–Crippen LogP) is 5.58. The van der Waals surface area contributed by atoms with E-state index in [2.05, 4.69) is 0 Å². The summed E-state index contributed by atoms with van der Waals surface area (Å²) < 4.78 is 72.3. The second-order valence-electron chi connectivity index (χ2n) is 6.17. The van der Waals surface area contributed by atoms with E-state index in [1.165, 1.54) is 12.1 Å². The van der Waals surface area contributed by atoms with E-state index in [0.717, 1.165) is 6.08 Å². The third-order valence-electron chi connectivity index (χ3n) is 4.27. The Bertz CT molecular complexity index is 752. The van der Waals surface area contributed by atoms with E-state index in [1.807, 2.05) is 0 Å². The molecule has 0 aliphatic heterocycles. The predicted molar refractivity (Wildman–Crippen MR) is 87.4 cm³/mol. The first-order valence-electron chi connectivity index (χ1n) is 8.17. The van der Waals surface area contributed by atoms with E-state index in [4.69, 9.17) is 4.74 Å². The van der Waals surface area contributed by atoms with Gasteiger partial charge in [0.15, 0.2) is 0 Å². The van der Waals surface area contributed by atoms with Crippen molar-refractivity contribution in [3.05, 3.63) is 52.1 Å². The summed E-state index contributed by atoms with van der Waals surface area (Å²) in [7, 11) is 0. The summed E-state index contributed by atoms with van der Waals surface area (Å²) in [4.78, 5) is 11.6. The largest absolute Gasteiger partial charge is 0.466 e. The van der Waals surface area contributed by atoms with Crippen LogP contribution >= 0.6 is 0 Å². The molecule has 0 aromatic heterocycles. The summed E-state index contributed by atoms with van der Waals surface area (Å²) in [5.41, 5.74) is -0.0644. The van der Waals surface area contributed by atoms with Gasteiger partial charge < -0.3 is 4.74 Å². The number of alkyl halides is 3. The molecule has 0 radical (unpaired) electrons. The third-order valence-corrected chi connectivity index (χ3v) is 4.27. The van der Waals surface area contributed by atoms with Gasteiger partial charge in [-0.25, -0.2) is 8.78 Å². The molecule has 0 N–H and O–H groups in total. The zero-order valence-electron chi connectivity index (χ0n) is 14.6. The number of aryl methyl sites for hydroxylation is 2. The van der Waals surface area contributed by atoms with Gasteiger partial charge in [-0.1, -0.05) is 0 Å². The molecule has 0 saturated carbocycles. The molecule has 7 heteroatoms. The minimum atomic E-state index is -4.85. The molecule has 1 aliphatic carbocycles. The second kappa shape index (κ2) is 7.60. The van der Waals surface area contributed by atoms with Crippen LogP contribution < -0.4 is 0 Å². The highest BCUT2D eigenvalue weighted by Gasteiger charge is 2.43. The zero-order valence-corrected chi connectivity index (χ0v) is 14.6. The molecule has 2 nitrogen and oxygen atoms in total. The Balaban J connectivity index is 2.46. The van der Waals surface area contributed by atoms with E-state index in [9.17, 15) is 26.7 Å². The minimum Gasteiger partial charge on any atom is -0.466 e. The van der Waals surface area contributed by atoms with E-state index in [-0.39, 0.29) is 25.0 Å². The summed E-state index contributed by atoms with van der Waals surface area (Å²) in [5, 5.41) is 0. The topological polar surface area (TPSA) is 26.3 Å². The standard InChI is InChI=1S/C19H19F5O2/c1-4-26-16(25)6-5-13-14(9-15(18(13)21)19(22,23)24)17-10(2)7-12(20)8-11(17)3/h7-9,13H,4-6H2,1-3H3. The highest BCUT2D eigenvalue weighted by Crippen LogP contribution is 2.48. The molecule has 0 bridgehead atoms. The van der Waals surface area contributed by atoms with E-state index >= 15 is 0 Å². The maximum absolute atomic E-state index is 14.5. The lowest BCUT2D eigenvalue weighted by atomic mass is 9.86. The van der Waals surface area contributed by atoms with Crippen molar-refractivity contribution in [2.75, 3.05) is 6.61 Å². The van der Waals surface area contributed by atoms with Crippen LogP contribution in [0.4, 0.5) is 22.0 Å². The number of carbonyl (C=O) groups excluding carboxylic acids is 1. The molecule has 0 spiro atoms. The van der Waals surface area contributed by atoms with Crippen LogP contribution in [0.15, 0.2) is 29.6 Å². The molecule has 26 heavy (non-hydrogen) atoms. The zero-order chi connectivity index (χ0) is 19.6. The van der Waals surface area contributed by atoms with Crippen LogP contribution in [0.1, 0.15) is 36.5 Å². The molecule has 1 atom stereocenters. The summed E-state index contributed by atoms with van der Waals surface area (Å²) in [6.45, 7) is 4.84. The smallest absolute Gasteiger partial charge is 0.418 e. The molecule has 0 fully saturated rings. The van der Waals surface area contributed by atoms with Gasteiger partial charge in [0.1, 0.15) is 11.6 Å². The number of rotatable bonds is 5. The van der Waals surface area contributed by atoms with E-state index in [0.29, 0.717) is 16.7 Å². The first-order valence-corrected chi connectivity index (χ1v) is 8.17. The van der Waals surface area contributed by atoms with Crippen molar-refractivity contribution in [2.45, 2.75) is 39.8 Å². The van der Waals surface area contributed by atoms with Gasteiger partial charge in [-0.15, -0.1) is 0 Å². The van der Waals surface area contributed by atoms with Crippen molar-refractivity contribution < 1.29 is 31.5 Å². The summed E-state index contributed by atoms with van der Waals surface area (Å²) in [6.07, 6.45) is -4.46. The normalized spacial score (nSPS) is 17.5. The molecule has 1 unspecified atom stereocenters. The number of ether oxygens (including phenoxy) is 1. The Morgan fingerprint density at radius 3 is 2.23 bits per heavy atom. The SMILES string of the molecule is CCOC(=O)CCC1C(c2c(C)cc(F)cc2C)=CC(C(F)(F)F)=C1F. The van der Waals surface area contributed by atoms with Gasteiger partial charge in [-0.2, -0.15) is 13.2 Å². The lowest BCUT2D eigenvalue weighted by Crippen LogP contribution is -2.12. The molecule has 1 aliphatic rings. The summed E-state index contributed by atoms with van der Waals surface area (Å²) in [6, 6.07) is 2.38. The lowest BCUT2D eigenvalue weighted by Gasteiger charge is -2.19. The fraction of sp³-hybridized carbons (Fsp3) is 0.421. The van der Waals surface area contributed by atoms with E-state index in [1.54, 1.807) is 20.8 Å². The van der Waals surface area contributed by atoms with Crippen LogP contribution in [-0.2, 0) is 9.53 Å². The first kappa shape index (κ1) is 20.1. The Hall–Kier alpha value is -2.18. The van der Waals surface area contributed by atoms with E-state index < -0.39 is 35.3 Å². The second-order valence-corrected chi connectivity index (χ2v) is 6.17. The summed E-state index contributed by atoms with van der Waals surface area (Å²) in [5.74, 6) is -3.67. The molecule has 0 amide bonds. The molecule has 0 saturated heterocycles. The quantitative estimate of drug-likeness (QED) is 0.496. The van der Waals surface area contributed by atoms with Gasteiger partial charge in [0.05, 0.1) is 12.2 Å². The van der Waals surface area contributed by atoms with Crippen LogP contribution in [0.2, 0.25) is 0 Å². The number of halogens is 5. The van der Waals surface area contributed by atoms with Crippen molar-refractivity contribution in [3.63, 3.8) is 0 Å². The average molecular weight is 374 g/mol. The maximum atomic E-state index is 14.5. The molecule has 142 valence electrons. The number of benzene rings is 1. The fourth-order valence-electron chi connectivity index (χ4n) is 3.26. The van der Waals surface area contributed by atoms with Crippen LogP contribution in [0.25, 0.3) is 5.57 Å². The molecule has 1 aromatic rings. The van der Waals surface area contributed by atoms with Gasteiger partial charge in [0, 0.05) is 12.3 Å². The lowest BCUT2D eigenvalue weighted by molar-refractivity contribution is -0.143. The van der Waals surface area contributed by atoms with Gasteiger partial charge in [-0.3, -0.25) is 4.79 Å². The Labute approximate surface area is 148 Å². The Morgan fingerprint density at radius 1 is 1.15 bits per heavy atom. The number of hydrogen-bond acceptors (Lipinski definition) is 2. The van der Waals surface area contributed by atoms with Crippen LogP contribution in [0, 0.1) is 25.6 Å². The Kier molecular flexibility index (Phi) is 5.88. The van der Waals surface area contributed by atoms with Crippen molar-refractivity contribution in [1.82, 2.24) is 0 Å². The molecular weight excluding hydrogens is 355 g/mol. The number of hydrogen-bond donors (Lipinski definition) is 0. The first-order chi connectivity index (χ1) is 12.1. The molecule has 2 rings (SSSR count). The fourth-order valence-corrected chi connectivity index (χ4v) is 3.26. The number of allylic oxidation sites excluding steroid dienone is 4. The van der Waals surface area contributed by atoms with Gasteiger partial charge in [0.2, 0.25) is 0 Å². The maximum Gasteiger partial charge on any atom is 0.418 e. The summed E-state index contributed by atoms with van der Waals surface area (Å²) >= 11 is 0. The highest BCUT2D eigenvalue weighted by atomic mass is 19.4. The molecular formula is C19H19F5O2. The highest BCUT2D eigenvalue weighted by molar-refractivity contribution is 5.80. The minimum absolute atomic E-state index is 0.106. The number of esters is 1. The van der Waals surface area contributed by atoms with Gasteiger partial charge in [0.25, 0.3) is 0 Å². The molecule has 1 aromatic carbocycles. The Morgan fingerprint density at radius 2 is 1.73 bits per heavy atom. The van der Waals surface area contributed by atoms with Crippen LogP contribution in [0.3, 0.4) is 0 Å². The third kappa shape index (κ3) is 4.14. The van der Waals surface area contributed by atoms with Crippen molar-refractivity contribution in [2.24, 2.45) is 5.92 Å². The van der Waals surface area contributed by atoms with Crippen LogP contribution in [0.5, 0.6) is 0 Å². The van der Waals surface area contributed by atoms with Crippen molar-refractivity contribution in [3.8, 4) is 0 Å². The average Bonchev–Trinajstić information content (AvgIpc) is 2.81. The van der Waals surface area contributed by atoms with Crippen molar-refractivity contribution >= 4 is 11.5 Å².